The minimum absolute atomic E-state index is 0.718. The number of hydrogen-bond donors (Lipinski definition) is 2. The van der Waals surface area contributed by atoms with Crippen LogP contribution in [0.15, 0.2) is 170 Å². The molecule has 95 heavy (non-hydrogen) atoms. The molecule has 3 aromatic heterocycles. The molecule has 6 aromatic carbocycles. The van der Waals surface area contributed by atoms with Crippen LogP contribution in [0.25, 0.3) is 113 Å². The van der Waals surface area contributed by atoms with Crippen molar-refractivity contribution in [3.63, 3.8) is 0 Å². The molecule has 0 aliphatic carbocycles. The molecule has 0 spiro atoms. The molecule has 2 N–H and O–H groups in total. The molecule has 8 bridgehead atoms. The first-order valence-electron chi connectivity index (χ1n) is 36.3. The molecular formula is C87H102Cl2N6+2. The van der Waals surface area contributed by atoms with E-state index < -0.39 is 0 Å². The number of hydrogen-bond acceptors (Lipinski definition) is 2. The van der Waals surface area contributed by atoms with Crippen molar-refractivity contribution in [2.24, 2.45) is 0 Å². The Kier molecular flexibility index (Phi) is 24.2. The van der Waals surface area contributed by atoms with Gasteiger partial charge in [-0.25, -0.2) is 9.97 Å². The van der Waals surface area contributed by atoms with Crippen LogP contribution in [0.4, 0.5) is 0 Å². The Hall–Kier alpha value is -7.58. The van der Waals surface area contributed by atoms with E-state index in [2.05, 4.69) is 209 Å². The van der Waals surface area contributed by atoms with Crippen molar-refractivity contribution in [1.29, 1.82) is 0 Å². The molecule has 0 saturated carbocycles. The second kappa shape index (κ2) is 33.4. The fraction of sp³-hybridized carbons (Fsp3) is 0.356. The highest BCUT2D eigenvalue weighted by Gasteiger charge is 2.28. The fourth-order valence-corrected chi connectivity index (χ4v) is 15.2. The number of aromatic amines is 2. The predicted molar refractivity (Wildman–Crippen MR) is 412 cm³/mol. The summed E-state index contributed by atoms with van der Waals surface area (Å²) >= 11 is 13.1. The summed E-state index contributed by atoms with van der Waals surface area (Å²) in [6, 6.07) is 61.7. The zero-order valence-electron chi connectivity index (χ0n) is 57.7. The van der Waals surface area contributed by atoms with Crippen LogP contribution in [0.5, 0.6) is 0 Å². The zero-order valence-corrected chi connectivity index (χ0v) is 59.2. The molecule has 2 aliphatic heterocycles. The van der Waals surface area contributed by atoms with Gasteiger partial charge in [0, 0.05) is 67.2 Å². The minimum atomic E-state index is 0.718. The lowest BCUT2D eigenvalue weighted by Crippen LogP contribution is -2.50. The standard InChI is InChI=1S/C87H102Cl2N6/c1-7-13-19-59-95(57-17-11-5,58-18-12-6)61-23-25-65-32-36-69(37-33-65)85-78-48-52-82(92-78)86(70-42-38-66(39-43-70)72-26-20-28-74(88)62-72)80-50-46-76(90-80)84(68-34-30-64(31-35-68)24-22-60-94(54-14-8-2,55-15-9-3)56-16-10-4)77-47-51-81(91-77)87(83-53-49-79(85)93-83)71-44-40-67(41-45-71)73-27-21-29-75(89)63-73/h20-21,26-53,62-63,90,93H,7-19,22-25,54-61H2,1-6H3/q+2. The summed E-state index contributed by atoms with van der Waals surface area (Å²) in [5.74, 6) is 0. The van der Waals surface area contributed by atoms with Gasteiger partial charge in [-0.2, -0.15) is 0 Å². The van der Waals surface area contributed by atoms with Gasteiger partial charge in [-0.15, -0.1) is 0 Å². The van der Waals surface area contributed by atoms with E-state index >= 15 is 0 Å². The number of H-pyrrole nitrogens is 2. The summed E-state index contributed by atoms with van der Waals surface area (Å²) in [4.78, 5) is 19.5. The molecule has 6 nitrogen and oxygen atoms in total. The average molecular weight is 1300 g/mol. The van der Waals surface area contributed by atoms with Gasteiger partial charge in [-0.1, -0.05) is 225 Å². The summed E-state index contributed by atoms with van der Waals surface area (Å²) in [5, 5.41) is 1.44. The molecule has 0 saturated heterocycles. The van der Waals surface area contributed by atoms with Gasteiger partial charge < -0.3 is 18.9 Å². The van der Waals surface area contributed by atoms with Gasteiger partial charge in [0.05, 0.1) is 75.1 Å². The molecule has 492 valence electrons. The van der Waals surface area contributed by atoms with E-state index in [1.807, 2.05) is 36.4 Å². The number of aromatic nitrogens is 4. The largest absolute Gasteiger partial charge is 0.354 e. The van der Waals surface area contributed by atoms with Crippen LogP contribution in [0.1, 0.15) is 172 Å². The van der Waals surface area contributed by atoms with Crippen molar-refractivity contribution in [2.75, 3.05) is 52.4 Å². The topological polar surface area (TPSA) is 57.4 Å². The monoisotopic (exact) mass is 1300 g/mol. The van der Waals surface area contributed by atoms with E-state index in [0.29, 0.717) is 0 Å². The number of benzene rings is 6. The van der Waals surface area contributed by atoms with Gasteiger partial charge in [0.2, 0.25) is 0 Å². The van der Waals surface area contributed by atoms with E-state index in [4.69, 9.17) is 33.2 Å². The maximum absolute atomic E-state index is 6.57. The van der Waals surface area contributed by atoms with E-state index in [1.165, 1.54) is 169 Å². The fourth-order valence-electron chi connectivity index (χ4n) is 14.8. The second-order valence-corrected chi connectivity index (χ2v) is 28.1. The Labute approximate surface area is 578 Å². The van der Waals surface area contributed by atoms with Crippen LogP contribution >= 0.6 is 23.2 Å². The number of halogens is 2. The van der Waals surface area contributed by atoms with Crippen molar-refractivity contribution in [1.82, 2.24) is 19.9 Å². The summed E-state index contributed by atoms with van der Waals surface area (Å²) in [6.45, 7) is 24.3. The molecule has 5 heterocycles. The van der Waals surface area contributed by atoms with Crippen LogP contribution in [0.2, 0.25) is 10.0 Å². The van der Waals surface area contributed by atoms with Crippen LogP contribution in [-0.2, 0) is 12.8 Å². The number of nitrogens with one attached hydrogen (secondary N) is 2. The molecule has 0 atom stereocenters. The van der Waals surface area contributed by atoms with E-state index in [-0.39, 0.29) is 0 Å². The molecule has 11 rings (SSSR count). The summed E-state index contributed by atoms with van der Waals surface area (Å²) in [6.07, 6.45) is 30.0. The third-order valence-corrected chi connectivity index (χ3v) is 20.7. The molecule has 0 radical (unpaired) electrons. The number of fused-ring (bicyclic) bond motifs is 8. The third kappa shape index (κ3) is 17.2. The lowest BCUT2D eigenvalue weighted by molar-refractivity contribution is -0.929. The SMILES string of the molecule is CCCCC[N+](CCCC)(CCCC)CCCc1ccc(-c2c3nc(c(-c4ccc(-c5cccc(Cl)c5)cc4)c4ccc([nH]4)c(-c4ccc(CCC[N+](CCCC)(CCCC)CCCC)cc4)c4nc(c(-c5ccc(-c6cccc(Cl)c6)cc5)c5ccc2[nH]5)C=C4)C=C3)cc1. The van der Waals surface area contributed by atoms with Crippen molar-refractivity contribution in [2.45, 2.75) is 151 Å². The van der Waals surface area contributed by atoms with Gasteiger partial charge in [0.25, 0.3) is 0 Å². The van der Waals surface area contributed by atoms with Crippen molar-refractivity contribution >= 4 is 69.6 Å². The maximum Gasteiger partial charge on any atom is 0.0789 e. The Balaban J connectivity index is 1.06. The minimum Gasteiger partial charge on any atom is -0.354 e. The van der Waals surface area contributed by atoms with Crippen LogP contribution < -0.4 is 0 Å². The summed E-state index contributed by atoms with van der Waals surface area (Å²) in [5.41, 5.74) is 23.1. The molecule has 8 heteroatoms. The number of nitrogens with zero attached hydrogens (tertiary/aromatic N) is 4. The number of unbranched alkanes of at least 4 members (excludes halogenated alkanes) is 7. The second-order valence-electron chi connectivity index (χ2n) is 27.2. The highest BCUT2D eigenvalue weighted by Crippen LogP contribution is 2.40. The average Bonchev–Trinajstić information content (AvgIpc) is 1.63. The van der Waals surface area contributed by atoms with Crippen molar-refractivity contribution in [3.8, 4) is 66.8 Å². The first kappa shape index (κ1) is 68.8. The Morgan fingerprint density at radius 2 is 0.558 bits per heavy atom. The molecule has 0 fully saturated rings. The third-order valence-electron chi connectivity index (χ3n) is 20.3. The molecule has 9 aromatic rings. The van der Waals surface area contributed by atoms with Crippen LogP contribution in [0.3, 0.4) is 0 Å². The van der Waals surface area contributed by atoms with Crippen LogP contribution in [0, 0.1) is 0 Å². The zero-order chi connectivity index (χ0) is 66.0. The van der Waals surface area contributed by atoms with E-state index in [1.54, 1.807) is 0 Å². The molecule has 0 unspecified atom stereocenters. The Bertz CT molecular complexity index is 4090. The molecule has 2 aliphatic rings. The van der Waals surface area contributed by atoms with Crippen molar-refractivity contribution < 1.29 is 8.97 Å². The summed E-state index contributed by atoms with van der Waals surface area (Å²) < 4.78 is 2.53. The first-order valence-corrected chi connectivity index (χ1v) is 37.1. The first-order chi connectivity index (χ1) is 46.5. The van der Waals surface area contributed by atoms with Gasteiger partial charge in [0.15, 0.2) is 0 Å². The van der Waals surface area contributed by atoms with Gasteiger partial charge in [-0.3, -0.25) is 0 Å². The lowest BCUT2D eigenvalue weighted by Gasteiger charge is -2.39. The number of aryl methyl sites for hydroxylation is 2. The maximum atomic E-state index is 6.57. The van der Waals surface area contributed by atoms with Gasteiger partial charge in [0.1, 0.15) is 0 Å². The van der Waals surface area contributed by atoms with E-state index in [9.17, 15) is 0 Å². The van der Waals surface area contributed by atoms with Crippen LogP contribution in [-0.4, -0.2) is 81.3 Å². The quantitative estimate of drug-likeness (QED) is 0.0318. The number of quaternary nitrogens is 2. The van der Waals surface area contributed by atoms with Gasteiger partial charge in [-0.05, 0) is 186 Å². The normalized spacial score (nSPS) is 12.3. The molecule has 0 amide bonds. The molecular weight excluding hydrogens is 1200 g/mol. The van der Waals surface area contributed by atoms with E-state index in [0.717, 1.165) is 134 Å². The smallest absolute Gasteiger partial charge is 0.0789 e. The highest BCUT2D eigenvalue weighted by molar-refractivity contribution is 6.31. The van der Waals surface area contributed by atoms with Crippen molar-refractivity contribution in [3.05, 3.63) is 214 Å². The Morgan fingerprint density at radius 3 is 0.853 bits per heavy atom. The number of rotatable bonds is 33. The summed E-state index contributed by atoms with van der Waals surface area (Å²) in [7, 11) is 0. The van der Waals surface area contributed by atoms with Gasteiger partial charge >= 0.3 is 0 Å². The highest BCUT2D eigenvalue weighted by atomic mass is 35.5. The predicted octanol–water partition coefficient (Wildman–Crippen LogP) is 24.7. The lowest BCUT2D eigenvalue weighted by atomic mass is 9.99. The Morgan fingerprint density at radius 1 is 0.284 bits per heavy atom.